The van der Waals surface area contributed by atoms with Crippen molar-refractivity contribution in [2.45, 2.75) is 25.1 Å². The van der Waals surface area contributed by atoms with Crippen LogP contribution in [0.2, 0.25) is 0 Å². The molecule has 0 radical (unpaired) electrons. The third kappa shape index (κ3) is 3.78. The van der Waals surface area contributed by atoms with E-state index in [0.29, 0.717) is 5.56 Å². The van der Waals surface area contributed by atoms with E-state index in [1.54, 1.807) is 0 Å². The highest BCUT2D eigenvalue weighted by molar-refractivity contribution is 5.29. The summed E-state index contributed by atoms with van der Waals surface area (Å²) >= 11 is 0. The van der Waals surface area contributed by atoms with Gasteiger partial charge < -0.3 is 5.11 Å². The number of pyridine rings is 1. The summed E-state index contributed by atoms with van der Waals surface area (Å²) in [6.45, 7) is 1.41. The van der Waals surface area contributed by atoms with E-state index in [1.165, 1.54) is 25.3 Å². The van der Waals surface area contributed by atoms with E-state index in [4.69, 9.17) is 0 Å². The summed E-state index contributed by atoms with van der Waals surface area (Å²) in [5.41, 5.74) is -1.79. The van der Waals surface area contributed by atoms with Gasteiger partial charge in [0.25, 0.3) is 0 Å². The van der Waals surface area contributed by atoms with Crippen molar-refractivity contribution in [3.05, 3.63) is 65.2 Å². The van der Waals surface area contributed by atoms with Gasteiger partial charge in [-0.1, -0.05) is 18.2 Å². The average molecular weight is 299 g/mol. The molecule has 21 heavy (non-hydrogen) atoms. The summed E-state index contributed by atoms with van der Waals surface area (Å²) in [6.07, 6.45) is -2.25. The van der Waals surface area contributed by atoms with E-state index >= 15 is 0 Å². The second-order valence-electron chi connectivity index (χ2n) is 5.04. The highest BCUT2D eigenvalue weighted by Gasteiger charge is 2.31. The van der Waals surface area contributed by atoms with Gasteiger partial charge in [-0.2, -0.15) is 13.2 Å². The van der Waals surface area contributed by atoms with Crippen LogP contribution in [0.1, 0.15) is 23.6 Å². The number of aromatic nitrogens is 1. The van der Waals surface area contributed by atoms with Gasteiger partial charge in [0.2, 0.25) is 0 Å². The summed E-state index contributed by atoms with van der Waals surface area (Å²) in [7, 11) is 0. The first-order valence-electron chi connectivity index (χ1n) is 6.18. The number of alkyl halides is 3. The molecule has 1 heterocycles. The van der Waals surface area contributed by atoms with Crippen molar-refractivity contribution in [3.8, 4) is 0 Å². The Balaban J connectivity index is 2.28. The molecule has 0 fully saturated rings. The molecule has 0 saturated carbocycles. The van der Waals surface area contributed by atoms with E-state index in [2.05, 4.69) is 4.98 Å². The largest absolute Gasteiger partial charge is 0.416 e. The summed E-state index contributed by atoms with van der Waals surface area (Å²) in [6, 6.07) is 5.80. The van der Waals surface area contributed by atoms with E-state index in [9.17, 15) is 22.7 Å². The zero-order valence-electron chi connectivity index (χ0n) is 11.2. The van der Waals surface area contributed by atoms with Crippen molar-refractivity contribution in [3.63, 3.8) is 0 Å². The number of benzene rings is 1. The Labute approximate surface area is 119 Å². The van der Waals surface area contributed by atoms with Gasteiger partial charge in [0.1, 0.15) is 5.82 Å². The normalized spacial score (nSPS) is 14.8. The van der Waals surface area contributed by atoms with E-state index in [-0.39, 0.29) is 12.0 Å². The summed E-state index contributed by atoms with van der Waals surface area (Å²) in [5, 5.41) is 10.4. The van der Waals surface area contributed by atoms with Gasteiger partial charge >= 0.3 is 6.18 Å². The first-order valence-corrected chi connectivity index (χ1v) is 6.18. The van der Waals surface area contributed by atoms with E-state index in [1.807, 2.05) is 0 Å². The Hall–Kier alpha value is -1.95. The van der Waals surface area contributed by atoms with Crippen molar-refractivity contribution in [1.29, 1.82) is 0 Å². The zero-order chi connectivity index (χ0) is 15.7. The molecule has 1 N–H and O–H groups in total. The molecule has 1 aromatic heterocycles. The fourth-order valence-corrected chi connectivity index (χ4v) is 2.06. The van der Waals surface area contributed by atoms with Gasteiger partial charge in [-0.3, -0.25) is 4.98 Å². The molecule has 112 valence electrons. The van der Waals surface area contributed by atoms with Crippen molar-refractivity contribution in [1.82, 2.24) is 4.98 Å². The minimum Gasteiger partial charge on any atom is -0.385 e. The van der Waals surface area contributed by atoms with Crippen LogP contribution in [-0.2, 0) is 18.2 Å². The van der Waals surface area contributed by atoms with Crippen LogP contribution in [0.4, 0.5) is 17.6 Å². The quantitative estimate of drug-likeness (QED) is 0.877. The molecule has 0 amide bonds. The molecule has 2 aromatic rings. The minimum absolute atomic E-state index is 0.0813. The van der Waals surface area contributed by atoms with E-state index < -0.39 is 23.2 Å². The summed E-state index contributed by atoms with van der Waals surface area (Å²) in [4.78, 5) is 3.63. The molecule has 0 spiro atoms. The number of rotatable bonds is 3. The summed E-state index contributed by atoms with van der Waals surface area (Å²) < 4.78 is 51.1. The van der Waals surface area contributed by atoms with Crippen molar-refractivity contribution < 1.29 is 22.7 Å². The van der Waals surface area contributed by atoms with Crippen LogP contribution >= 0.6 is 0 Å². The average Bonchev–Trinajstić information content (AvgIpc) is 2.37. The molecule has 2 rings (SSSR count). The Morgan fingerprint density at radius 1 is 1.10 bits per heavy atom. The number of halogens is 4. The third-order valence-corrected chi connectivity index (χ3v) is 3.13. The number of hydrogen-bond acceptors (Lipinski definition) is 2. The Morgan fingerprint density at radius 2 is 1.81 bits per heavy atom. The molecule has 1 unspecified atom stereocenters. The maximum atomic E-state index is 13.1. The lowest BCUT2D eigenvalue weighted by Gasteiger charge is -2.24. The van der Waals surface area contributed by atoms with Crippen LogP contribution in [0, 0.1) is 5.82 Å². The molecule has 0 saturated heterocycles. The van der Waals surface area contributed by atoms with Gasteiger partial charge in [0.05, 0.1) is 17.4 Å². The second kappa shape index (κ2) is 5.44. The van der Waals surface area contributed by atoms with Gasteiger partial charge in [0, 0.05) is 18.2 Å². The van der Waals surface area contributed by atoms with Gasteiger partial charge in [0.15, 0.2) is 0 Å². The topological polar surface area (TPSA) is 33.1 Å². The molecule has 1 aromatic carbocycles. The minimum atomic E-state index is -4.44. The lowest BCUT2D eigenvalue weighted by molar-refractivity contribution is -0.137. The fraction of sp³-hybridized carbons (Fsp3) is 0.267. The smallest absolute Gasteiger partial charge is 0.385 e. The zero-order valence-corrected chi connectivity index (χ0v) is 11.2. The number of nitrogens with zero attached hydrogens (tertiary/aromatic N) is 1. The van der Waals surface area contributed by atoms with Gasteiger partial charge in [-0.05, 0) is 24.6 Å². The highest BCUT2D eigenvalue weighted by atomic mass is 19.4. The first-order chi connectivity index (χ1) is 9.68. The van der Waals surface area contributed by atoms with Crippen LogP contribution in [0.25, 0.3) is 0 Å². The van der Waals surface area contributed by atoms with Crippen LogP contribution in [0.5, 0.6) is 0 Å². The number of hydrogen-bond donors (Lipinski definition) is 1. The maximum absolute atomic E-state index is 13.1. The van der Waals surface area contributed by atoms with Gasteiger partial charge in [-0.15, -0.1) is 0 Å². The molecule has 0 aliphatic rings. The van der Waals surface area contributed by atoms with E-state index in [0.717, 1.165) is 24.4 Å². The van der Waals surface area contributed by atoms with Crippen LogP contribution in [0.3, 0.4) is 0 Å². The fourth-order valence-electron chi connectivity index (χ4n) is 2.06. The van der Waals surface area contributed by atoms with Crippen LogP contribution in [0.15, 0.2) is 42.7 Å². The molecular formula is C15H13F4NO. The molecular weight excluding hydrogens is 286 g/mol. The Kier molecular flexibility index (Phi) is 4.00. The molecule has 0 bridgehead atoms. The molecule has 0 aliphatic carbocycles. The lowest BCUT2D eigenvalue weighted by atomic mass is 9.89. The Morgan fingerprint density at radius 3 is 2.43 bits per heavy atom. The molecule has 6 heteroatoms. The second-order valence-corrected chi connectivity index (χ2v) is 5.04. The standard InChI is InChI=1S/C15H13F4NO/c1-14(21,12-6-13(16)9-20-8-12)7-10-3-2-4-11(5-10)15(17,18)19/h2-6,8-9,21H,7H2,1H3. The lowest BCUT2D eigenvalue weighted by Crippen LogP contribution is -2.25. The highest BCUT2D eigenvalue weighted by Crippen LogP contribution is 2.31. The number of aliphatic hydroxyl groups is 1. The third-order valence-electron chi connectivity index (χ3n) is 3.13. The van der Waals surface area contributed by atoms with Gasteiger partial charge in [-0.25, -0.2) is 4.39 Å². The van der Waals surface area contributed by atoms with Crippen molar-refractivity contribution in [2.24, 2.45) is 0 Å². The molecule has 2 nitrogen and oxygen atoms in total. The first kappa shape index (κ1) is 15.4. The SMILES string of the molecule is CC(O)(Cc1cccc(C(F)(F)F)c1)c1cncc(F)c1. The van der Waals surface area contributed by atoms with Crippen LogP contribution < -0.4 is 0 Å². The van der Waals surface area contributed by atoms with Crippen molar-refractivity contribution in [2.75, 3.05) is 0 Å². The predicted molar refractivity (Wildman–Crippen MR) is 68.9 cm³/mol. The molecule has 1 atom stereocenters. The Bertz CT molecular complexity index is 638. The molecule has 0 aliphatic heterocycles. The summed E-state index contributed by atoms with van der Waals surface area (Å²) in [5.74, 6) is -0.614. The predicted octanol–water partition coefficient (Wildman–Crippen LogP) is 3.69. The monoisotopic (exact) mass is 299 g/mol. The van der Waals surface area contributed by atoms with Crippen molar-refractivity contribution >= 4 is 0 Å². The maximum Gasteiger partial charge on any atom is 0.416 e. The van der Waals surface area contributed by atoms with Crippen LogP contribution in [-0.4, -0.2) is 10.1 Å².